The van der Waals surface area contributed by atoms with E-state index in [0.717, 1.165) is 17.8 Å². The Kier molecular flexibility index (Phi) is 3.97. The Morgan fingerprint density at radius 3 is 2.75 bits per heavy atom. The Bertz CT molecular complexity index is 526. The highest BCUT2D eigenvalue weighted by atomic mass is 16.5. The third-order valence-electron chi connectivity index (χ3n) is 3.53. The number of para-hydroxylation sites is 1. The monoisotopic (exact) mass is 276 g/mol. The molecular formula is C15H20N2O3. The van der Waals surface area contributed by atoms with Gasteiger partial charge in [0.25, 0.3) is 0 Å². The lowest BCUT2D eigenvalue weighted by molar-refractivity contribution is -0.149. The van der Waals surface area contributed by atoms with Crippen molar-refractivity contribution in [3.63, 3.8) is 0 Å². The molecule has 1 aromatic carbocycles. The normalized spacial score (nSPS) is 17.6. The van der Waals surface area contributed by atoms with Gasteiger partial charge in [-0.2, -0.15) is 0 Å². The van der Waals surface area contributed by atoms with Gasteiger partial charge in [-0.1, -0.05) is 18.2 Å². The number of amides is 1. The Morgan fingerprint density at radius 2 is 2.05 bits per heavy atom. The number of carbonyl (C=O) groups is 2. The highest BCUT2D eigenvalue weighted by molar-refractivity contribution is 5.91. The molecule has 0 saturated heterocycles. The van der Waals surface area contributed by atoms with Crippen molar-refractivity contribution in [3.8, 4) is 0 Å². The first kappa shape index (κ1) is 14.4. The molecule has 0 spiro atoms. The molecule has 5 nitrogen and oxygen atoms in total. The van der Waals surface area contributed by atoms with Crippen molar-refractivity contribution in [2.24, 2.45) is 0 Å². The number of fused-ring (bicyclic) bond motifs is 1. The molecular weight excluding hydrogens is 256 g/mol. The summed E-state index contributed by atoms with van der Waals surface area (Å²) in [5, 5.41) is 6.05. The highest BCUT2D eigenvalue weighted by Crippen LogP contribution is 2.31. The summed E-state index contributed by atoms with van der Waals surface area (Å²) in [6, 6.07) is 7.75. The van der Waals surface area contributed by atoms with E-state index in [2.05, 4.69) is 10.6 Å². The quantitative estimate of drug-likeness (QED) is 0.824. The molecule has 5 heteroatoms. The molecule has 20 heavy (non-hydrogen) atoms. The maximum atomic E-state index is 12.5. The van der Waals surface area contributed by atoms with Crippen LogP contribution in [0, 0.1) is 0 Å². The predicted molar refractivity (Wildman–Crippen MR) is 76.5 cm³/mol. The largest absolute Gasteiger partial charge is 0.467 e. The van der Waals surface area contributed by atoms with E-state index in [-0.39, 0.29) is 11.8 Å². The van der Waals surface area contributed by atoms with E-state index >= 15 is 0 Å². The maximum absolute atomic E-state index is 12.5. The van der Waals surface area contributed by atoms with E-state index in [9.17, 15) is 9.59 Å². The molecule has 1 amide bonds. The van der Waals surface area contributed by atoms with E-state index in [0.29, 0.717) is 6.42 Å². The number of nitrogens with one attached hydrogen (secondary N) is 2. The SMILES string of the molecule is COC(=O)C(C)(C)NC(=O)C1CCNc2ccccc21. The number of rotatable bonds is 3. The van der Waals surface area contributed by atoms with Gasteiger partial charge in [-0.3, -0.25) is 4.79 Å². The highest BCUT2D eigenvalue weighted by Gasteiger charge is 2.34. The van der Waals surface area contributed by atoms with Crippen LogP contribution >= 0.6 is 0 Å². The van der Waals surface area contributed by atoms with Crippen LogP contribution in [-0.4, -0.2) is 31.1 Å². The zero-order chi connectivity index (χ0) is 14.8. The minimum absolute atomic E-state index is 0.144. The van der Waals surface area contributed by atoms with Crippen LogP contribution in [-0.2, 0) is 14.3 Å². The van der Waals surface area contributed by atoms with E-state index in [1.54, 1.807) is 13.8 Å². The van der Waals surface area contributed by atoms with Gasteiger partial charge in [0.15, 0.2) is 0 Å². The van der Waals surface area contributed by atoms with Crippen LogP contribution in [0.25, 0.3) is 0 Å². The summed E-state index contributed by atoms with van der Waals surface area (Å²) in [6.45, 7) is 4.03. The summed E-state index contributed by atoms with van der Waals surface area (Å²) in [5.74, 6) is -0.834. The number of anilines is 1. The van der Waals surface area contributed by atoms with Crippen LogP contribution in [0.15, 0.2) is 24.3 Å². The zero-order valence-corrected chi connectivity index (χ0v) is 12.0. The molecule has 1 aromatic rings. The summed E-state index contributed by atoms with van der Waals surface area (Å²) in [5.41, 5.74) is 0.928. The number of ether oxygens (including phenoxy) is 1. The summed E-state index contributed by atoms with van der Waals surface area (Å²) < 4.78 is 4.71. The van der Waals surface area contributed by atoms with Gasteiger partial charge in [-0.15, -0.1) is 0 Å². The Labute approximate surface area is 118 Å². The fourth-order valence-electron chi connectivity index (χ4n) is 2.44. The summed E-state index contributed by atoms with van der Waals surface area (Å²) in [7, 11) is 1.32. The molecule has 1 heterocycles. The molecule has 1 atom stereocenters. The standard InChI is InChI=1S/C15H20N2O3/c1-15(2,14(19)20-3)17-13(18)11-8-9-16-12-7-5-4-6-10(11)12/h4-7,11,16H,8-9H2,1-3H3,(H,17,18). The lowest BCUT2D eigenvalue weighted by Crippen LogP contribution is -2.52. The van der Waals surface area contributed by atoms with Crippen LogP contribution in [0.3, 0.4) is 0 Å². The van der Waals surface area contributed by atoms with Gasteiger partial charge in [0.2, 0.25) is 5.91 Å². The van der Waals surface area contributed by atoms with Gasteiger partial charge >= 0.3 is 5.97 Å². The van der Waals surface area contributed by atoms with Crippen molar-refractivity contribution in [1.29, 1.82) is 0 Å². The van der Waals surface area contributed by atoms with Gasteiger partial charge in [0.05, 0.1) is 13.0 Å². The molecule has 108 valence electrons. The van der Waals surface area contributed by atoms with Crippen LogP contribution in [0.1, 0.15) is 31.7 Å². The molecule has 1 aliphatic rings. The van der Waals surface area contributed by atoms with Gasteiger partial charge in [0.1, 0.15) is 5.54 Å². The first-order valence-corrected chi connectivity index (χ1v) is 6.69. The van der Waals surface area contributed by atoms with E-state index < -0.39 is 11.5 Å². The van der Waals surface area contributed by atoms with Crippen molar-refractivity contribution in [3.05, 3.63) is 29.8 Å². The summed E-state index contributed by atoms with van der Waals surface area (Å²) in [4.78, 5) is 24.1. The summed E-state index contributed by atoms with van der Waals surface area (Å²) in [6.07, 6.45) is 0.708. The van der Waals surface area contributed by atoms with Crippen LogP contribution in [0.2, 0.25) is 0 Å². The average molecular weight is 276 g/mol. The van der Waals surface area contributed by atoms with E-state index in [1.807, 2.05) is 24.3 Å². The van der Waals surface area contributed by atoms with E-state index in [4.69, 9.17) is 4.74 Å². The molecule has 0 aromatic heterocycles. The second kappa shape index (κ2) is 5.53. The fourth-order valence-corrected chi connectivity index (χ4v) is 2.44. The molecule has 1 unspecified atom stereocenters. The summed E-state index contributed by atoms with van der Waals surface area (Å²) >= 11 is 0. The number of esters is 1. The molecule has 0 aliphatic carbocycles. The smallest absolute Gasteiger partial charge is 0.330 e. The third-order valence-corrected chi connectivity index (χ3v) is 3.53. The van der Waals surface area contributed by atoms with Gasteiger partial charge in [0, 0.05) is 12.2 Å². The van der Waals surface area contributed by atoms with Gasteiger partial charge in [-0.25, -0.2) is 4.79 Å². The first-order valence-electron chi connectivity index (χ1n) is 6.69. The first-order chi connectivity index (χ1) is 9.45. The van der Waals surface area contributed by atoms with Gasteiger partial charge < -0.3 is 15.4 Å². The second-order valence-corrected chi connectivity index (χ2v) is 5.46. The molecule has 0 fully saturated rings. The number of methoxy groups -OCH3 is 1. The molecule has 2 rings (SSSR count). The Balaban J connectivity index is 2.17. The molecule has 0 bridgehead atoms. The Hall–Kier alpha value is -2.04. The van der Waals surface area contributed by atoms with Crippen molar-refractivity contribution >= 4 is 17.6 Å². The lowest BCUT2D eigenvalue weighted by Gasteiger charge is -2.30. The van der Waals surface area contributed by atoms with Crippen LogP contribution in [0.5, 0.6) is 0 Å². The molecule has 0 radical (unpaired) electrons. The topological polar surface area (TPSA) is 67.4 Å². The number of carbonyl (C=O) groups excluding carboxylic acids is 2. The fraction of sp³-hybridized carbons (Fsp3) is 0.467. The van der Waals surface area contributed by atoms with E-state index in [1.165, 1.54) is 7.11 Å². The number of hydrogen-bond acceptors (Lipinski definition) is 4. The van der Waals surface area contributed by atoms with Crippen molar-refractivity contribution < 1.29 is 14.3 Å². The Morgan fingerprint density at radius 1 is 1.35 bits per heavy atom. The predicted octanol–water partition coefficient (Wildman–Crippen LogP) is 1.65. The minimum Gasteiger partial charge on any atom is -0.467 e. The second-order valence-electron chi connectivity index (χ2n) is 5.46. The van der Waals surface area contributed by atoms with Crippen LogP contribution in [0.4, 0.5) is 5.69 Å². The third kappa shape index (κ3) is 2.76. The average Bonchev–Trinajstić information content (AvgIpc) is 2.45. The number of benzene rings is 1. The van der Waals surface area contributed by atoms with Crippen molar-refractivity contribution in [1.82, 2.24) is 5.32 Å². The maximum Gasteiger partial charge on any atom is 0.330 e. The minimum atomic E-state index is -1.02. The van der Waals surface area contributed by atoms with Crippen molar-refractivity contribution in [2.75, 3.05) is 19.0 Å². The van der Waals surface area contributed by atoms with Crippen molar-refractivity contribution in [2.45, 2.75) is 31.7 Å². The lowest BCUT2D eigenvalue weighted by atomic mass is 9.89. The molecule has 0 saturated carbocycles. The molecule has 1 aliphatic heterocycles. The van der Waals surface area contributed by atoms with Crippen LogP contribution < -0.4 is 10.6 Å². The zero-order valence-electron chi connectivity index (χ0n) is 12.0. The number of hydrogen-bond donors (Lipinski definition) is 2. The van der Waals surface area contributed by atoms with Gasteiger partial charge in [-0.05, 0) is 31.9 Å². The molecule has 2 N–H and O–H groups in total.